The van der Waals surface area contributed by atoms with Crippen LogP contribution in [0.3, 0.4) is 0 Å². The average molecular weight is 460 g/mol. The number of nitrogens with zero attached hydrogens (tertiary/aromatic N) is 3. The van der Waals surface area contributed by atoms with Crippen molar-refractivity contribution in [2.75, 3.05) is 0 Å². The van der Waals surface area contributed by atoms with Gasteiger partial charge in [0.2, 0.25) is 5.88 Å². The molecule has 0 aliphatic heterocycles. The predicted molar refractivity (Wildman–Crippen MR) is 106 cm³/mol. The largest absolute Gasteiger partial charge is 0.493 e. The molecular weight excluding hydrogens is 440 g/mol. The zero-order valence-electron chi connectivity index (χ0n) is 16.2. The maximum atomic E-state index is 12.6. The highest BCUT2D eigenvalue weighted by atomic mass is 32.2. The van der Waals surface area contributed by atoms with Crippen molar-refractivity contribution in [1.82, 2.24) is 4.57 Å². The van der Waals surface area contributed by atoms with Gasteiger partial charge in [0, 0.05) is 18.7 Å². The van der Waals surface area contributed by atoms with Gasteiger partial charge in [-0.3, -0.25) is 18.5 Å². The Morgan fingerprint density at radius 1 is 1.07 bits per heavy atom. The first-order valence-corrected chi connectivity index (χ1v) is 11.3. The lowest BCUT2D eigenvalue weighted by Crippen LogP contribution is -2.22. The van der Waals surface area contributed by atoms with Gasteiger partial charge in [-0.25, -0.2) is 0 Å². The van der Waals surface area contributed by atoms with Crippen LogP contribution in [0.5, 0.6) is 5.88 Å². The molecule has 0 spiro atoms. The molecular formula is C16H20N4O8S2. The minimum atomic E-state index is -4.93. The summed E-state index contributed by atoms with van der Waals surface area (Å²) in [5, 5.41) is 17.4. The first-order valence-electron chi connectivity index (χ1n) is 8.40. The second-order valence-corrected chi connectivity index (χ2v) is 9.02. The Morgan fingerprint density at radius 2 is 1.67 bits per heavy atom. The number of aromatic hydroxyl groups is 1. The van der Waals surface area contributed by atoms with Crippen LogP contribution in [0, 0.1) is 13.8 Å². The second-order valence-electron chi connectivity index (χ2n) is 6.28. The summed E-state index contributed by atoms with van der Waals surface area (Å²) in [6.45, 7) is 3.99. The number of hydrogen-bond donors (Lipinski definition) is 4. The number of benzene rings is 1. The van der Waals surface area contributed by atoms with E-state index in [2.05, 4.69) is 10.2 Å². The molecule has 2 rings (SSSR count). The number of azo groups is 1. The van der Waals surface area contributed by atoms with Gasteiger partial charge in [0.05, 0.1) is 0 Å². The molecule has 12 nitrogen and oxygen atoms in total. The van der Waals surface area contributed by atoms with E-state index < -0.39 is 52.7 Å². The van der Waals surface area contributed by atoms with E-state index in [1.165, 1.54) is 13.0 Å². The molecule has 14 heteroatoms. The standard InChI is InChI=1S/C16H20N4O8S2/c1-4-20-15(21)13(9(3)14(16(20)22)30(26,27)28)19-18-11-6-10(7-17)8(2)5-12(11)29(23,24)25/h5-6,22H,4,7,17H2,1-3H3,(H,23,24,25)(H,26,27,28). The van der Waals surface area contributed by atoms with Crippen molar-refractivity contribution in [2.24, 2.45) is 16.0 Å². The highest BCUT2D eigenvalue weighted by Gasteiger charge is 2.27. The first kappa shape index (κ1) is 23.6. The van der Waals surface area contributed by atoms with Crippen molar-refractivity contribution in [3.8, 4) is 5.88 Å². The van der Waals surface area contributed by atoms with Crippen molar-refractivity contribution < 1.29 is 31.0 Å². The minimum absolute atomic E-state index is 0.0217. The van der Waals surface area contributed by atoms with E-state index in [1.54, 1.807) is 6.92 Å². The van der Waals surface area contributed by atoms with Crippen LogP contribution in [-0.2, 0) is 33.3 Å². The zero-order chi connectivity index (χ0) is 23.0. The van der Waals surface area contributed by atoms with Gasteiger partial charge in [-0.2, -0.15) is 16.8 Å². The molecule has 0 fully saturated rings. The van der Waals surface area contributed by atoms with Crippen LogP contribution in [0.4, 0.5) is 11.4 Å². The Hall–Kier alpha value is -2.65. The topological polar surface area (TPSA) is 202 Å². The van der Waals surface area contributed by atoms with Crippen LogP contribution in [0.2, 0.25) is 0 Å². The quantitative estimate of drug-likeness (QED) is 0.364. The number of aryl methyl sites for hydroxylation is 1. The van der Waals surface area contributed by atoms with Gasteiger partial charge in [-0.15, -0.1) is 10.2 Å². The third-order valence-electron chi connectivity index (χ3n) is 4.35. The Morgan fingerprint density at radius 3 is 2.13 bits per heavy atom. The van der Waals surface area contributed by atoms with E-state index in [4.69, 9.17) is 5.73 Å². The summed E-state index contributed by atoms with van der Waals surface area (Å²) in [7, 11) is -9.64. The third kappa shape index (κ3) is 4.41. The number of pyridine rings is 1. The SMILES string of the molecule is CCn1c(O)c(S(=O)(=O)O)c(C)c(N=Nc2cc(CN)c(C)cc2S(=O)(=O)O)c1=O. The fraction of sp³-hybridized carbons (Fsp3) is 0.312. The Labute approximate surface area is 172 Å². The van der Waals surface area contributed by atoms with Gasteiger partial charge in [0.25, 0.3) is 25.8 Å². The molecule has 164 valence electrons. The highest BCUT2D eigenvalue weighted by Crippen LogP contribution is 2.33. The first-order chi connectivity index (χ1) is 13.7. The van der Waals surface area contributed by atoms with Crippen LogP contribution < -0.4 is 11.3 Å². The molecule has 0 aliphatic carbocycles. The van der Waals surface area contributed by atoms with E-state index in [0.29, 0.717) is 15.7 Å². The Bertz CT molecular complexity index is 1310. The van der Waals surface area contributed by atoms with Gasteiger partial charge in [-0.1, -0.05) is 0 Å². The number of nitrogens with two attached hydrogens (primary N) is 1. The monoisotopic (exact) mass is 460 g/mol. The van der Waals surface area contributed by atoms with Crippen LogP contribution in [-0.4, -0.2) is 35.6 Å². The summed E-state index contributed by atoms with van der Waals surface area (Å²) in [5.74, 6) is -0.971. The fourth-order valence-corrected chi connectivity index (χ4v) is 4.34. The highest BCUT2D eigenvalue weighted by molar-refractivity contribution is 7.86. The summed E-state index contributed by atoms with van der Waals surface area (Å²) in [6, 6.07) is 2.38. The number of rotatable bonds is 6. The van der Waals surface area contributed by atoms with Crippen molar-refractivity contribution in [3.05, 3.63) is 39.2 Å². The molecule has 5 N–H and O–H groups in total. The lowest BCUT2D eigenvalue weighted by atomic mass is 10.1. The normalized spacial score (nSPS) is 12.6. The van der Waals surface area contributed by atoms with E-state index in [9.17, 15) is 35.8 Å². The molecule has 2 aromatic rings. The summed E-state index contributed by atoms with van der Waals surface area (Å²) in [4.78, 5) is 11.1. The van der Waals surface area contributed by atoms with Crippen LogP contribution in [0.15, 0.2) is 36.9 Å². The summed E-state index contributed by atoms with van der Waals surface area (Å²) in [6.07, 6.45) is 0. The summed E-state index contributed by atoms with van der Waals surface area (Å²) < 4.78 is 66.3. The Kier molecular flexibility index (Phi) is 6.48. The molecule has 0 amide bonds. The van der Waals surface area contributed by atoms with Crippen molar-refractivity contribution in [1.29, 1.82) is 0 Å². The smallest absolute Gasteiger partial charge is 0.300 e. The summed E-state index contributed by atoms with van der Waals surface area (Å²) in [5.41, 5.74) is 4.33. The van der Waals surface area contributed by atoms with Gasteiger partial charge in [0.15, 0.2) is 10.6 Å². The summed E-state index contributed by atoms with van der Waals surface area (Å²) >= 11 is 0. The second kappa shape index (κ2) is 8.23. The van der Waals surface area contributed by atoms with Gasteiger partial charge < -0.3 is 10.8 Å². The lowest BCUT2D eigenvalue weighted by Gasteiger charge is -2.13. The third-order valence-corrected chi connectivity index (χ3v) is 6.24. The molecule has 0 radical (unpaired) electrons. The molecule has 0 atom stereocenters. The molecule has 1 aromatic heterocycles. The molecule has 0 unspecified atom stereocenters. The predicted octanol–water partition coefficient (Wildman–Crippen LogP) is 1.56. The molecule has 30 heavy (non-hydrogen) atoms. The zero-order valence-corrected chi connectivity index (χ0v) is 17.8. The lowest BCUT2D eigenvalue weighted by molar-refractivity contribution is 0.387. The van der Waals surface area contributed by atoms with Gasteiger partial charge >= 0.3 is 0 Å². The molecule has 1 heterocycles. The number of aromatic nitrogens is 1. The van der Waals surface area contributed by atoms with Gasteiger partial charge in [0.1, 0.15) is 10.6 Å². The van der Waals surface area contributed by atoms with Crippen LogP contribution >= 0.6 is 0 Å². The molecule has 0 saturated heterocycles. The maximum Gasteiger partial charge on any atom is 0.300 e. The fourth-order valence-electron chi connectivity index (χ4n) is 2.82. The van der Waals surface area contributed by atoms with E-state index in [-0.39, 0.29) is 18.8 Å². The Balaban J connectivity index is 2.86. The van der Waals surface area contributed by atoms with E-state index >= 15 is 0 Å². The minimum Gasteiger partial charge on any atom is -0.493 e. The average Bonchev–Trinajstić information content (AvgIpc) is 2.60. The van der Waals surface area contributed by atoms with E-state index in [1.807, 2.05) is 0 Å². The maximum absolute atomic E-state index is 12.6. The van der Waals surface area contributed by atoms with Crippen molar-refractivity contribution in [2.45, 2.75) is 43.7 Å². The molecule has 0 aliphatic rings. The van der Waals surface area contributed by atoms with E-state index in [0.717, 1.165) is 13.0 Å². The molecule has 1 aromatic carbocycles. The molecule has 0 bridgehead atoms. The van der Waals surface area contributed by atoms with Crippen molar-refractivity contribution >= 4 is 31.6 Å². The molecule has 0 saturated carbocycles. The van der Waals surface area contributed by atoms with Crippen molar-refractivity contribution in [3.63, 3.8) is 0 Å². The van der Waals surface area contributed by atoms with Gasteiger partial charge in [-0.05, 0) is 44.0 Å². The van der Waals surface area contributed by atoms with Crippen LogP contribution in [0.1, 0.15) is 23.6 Å². The number of hydrogen-bond acceptors (Lipinski definition) is 9. The van der Waals surface area contributed by atoms with Crippen LogP contribution in [0.25, 0.3) is 0 Å².